The summed E-state index contributed by atoms with van der Waals surface area (Å²) < 4.78 is 0. The second-order valence-corrected chi connectivity index (χ2v) is 4.84. The van der Waals surface area contributed by atoms with E-state index in [9.17, 15) is 0 Å². The summed E-state index contributed by atoms with van der Waals surface area (Å²) in [6, 6.07) is 0.736. The first-order valence-electron chi connectivity index (χ1n) is 6.56. The molecule has 15 heavy (non-hydrogen) atoms. The van der Waals surface area contributed by atoms with Gasteiger partial charge in [-0.1, -0.05) is 27.7 Å². The predicted molar refractivity (Wildman–Crippen MR) is 69.3 cm³/mol. The summed E-state index contributed by atoms with van der Waals surface area (Å²) in [7, 11) is 0. The Morgan fingerprint density at radius 1 is 1.13 bits per heavy atom. The molecule has 1 N–H and O–H groups in total. The summed E-state index contributed by atoms with van der Waals surface area (Å²) in [5, 5.41) is 3.49. The van der Waals surface area contributed by atoms with Gasteiger partial charge in [0.2, 0.25) is 0 Å². The second-order valence-electron chi connectivity index (χ2n) is 4.84. The molecule has 0 radical (unpaired) electrons. The van der Waals surface area contributed by atoms with E-state index in [1.807, 2.05) is 0 Å². The number of rotatable bonds is 9. The van der Waals surface area contributed by atoms with Crippen LogP contribution in [0.2, 0.25) is 0 Å². The summed E-state index contributed by atoms with van der Waals surface area (Å²) in [6.45, 7) is 16.1. The first kappa shape index (κ1) is 14.9. The Kier molecular flexibility index (Phi) is 9.12. The lowest BCUT2D eigenvalue weighted by molar-refractivity contribution is 0.211. The maximum atomic E-state index is 3.49. The molecule has 0 saturated heterocycles. The molecular weight excluding hydrogens is 184 g/mol. The van der Waals surface area contributed by atoms with E-state index >= 15 is 0 Å². The van der Waals surface area contributed by atoms with Gasteiger partial charge in [-0.25, -0.2) is 0 Å². The van der Waals surface area contributed by atoms with E-state index in [1.54, 1.807) is 0 Å². The van der Waals surface area contributed by atoms with E-state index < -0.39 is 0 Å². The van der Waals surface area contributed by atoms with Crippen LogP contribution in [-0.2, 0) is 0 Å². The van der Waals surface area contributed by atoms with Crippen molar-refractivity contribution in [1.82, 2.24) is 10.2 Å². The molecule has 92 valence electrons. The molecular formula is C13H30N2. The fourth-order valence-corrected chi connectivity index (χ4v) is 1.75. The number of hydrogen-bond donors (Lipinski definition) is 1. The standard InChI is InChI=1S/C13H30N2/c1-6-13(5)15(7-2)10-8-9-14-11-12(3)4/h12-14H,6-11H2,1-5H3. The van der Waals surface area contributed by atoms with Crippen LogP contribution in [0.5, 0.6) is 0 Å². The third-order valence-corrected chi connectivity index (χ3v) is 2.97. The van der Waals surface area contributed by atoms with Crippen molar-refractivity contribution in [1.29, 1.82) is 0 Å². The van der Waals surface area contributed by atoms with E-state index in [1.165, 1.54) is 25.9 Å². The van der Waals surface area contributed by atoms with Gasteiger partial charge in [0.05, 0.1) is 0 Å². The maximum absolute atomic E-state index is 3.49. The summed E-state index contributed by atoms with van der Waals surface area (Å²) in [5.74, 6) is 0.766. The molecule has 0 aromatic heterocycles. The average Bonchev–Trinajstić information content (AvgIpc) is 2.22. The van der Waals surface area contributed by atoms with Gasteiger partial charge in [0.15, 0.2) is 0 Å². The molecule has 1 unspecified atom stereocenters. The van der Waals surface area contributed by atoms with Crippen molar-refractivity contribution in [3.63, 3.8) is 0 Å². The fourth-order valence-electron chi connectivity index (χ4n) is 1.75. The maximum Gasteiger partial charge on any atom is 0.00641 e. The minimum atomic E-state index is 0.736. The van der Waals surface area contributed by atoms with Crippen molar-refractivity contribution in [2.45, 2.75) is 53.5 Å². The first-order chi connectivity index (χ1) is 7.11. The number of nitrogens with one attached hydrogen (secondary N) is 1. The summed E-state index contributed by atoms with van der Waals surface area (Å²) in [6.07, 6.45) is 2.53. The molecule has 0 spiro atoms. The van der Waals surface area contributed by atoms with Crippen LogP contribution >= 0.6 is 0 Å². The second kappa shape index (κ2) is 9.17. The van der Waals surface area contributed by atoms with Crippen LogP contribution in [0.3, 0.4) is 0 Å². The van der Waals surface area contributed by atoms with Gasteiger partial charge in [0, 0.05) is 6.04 Å². The van der Waals surface area contributed by atoms with Crippen LogP contribution in [0.15, 0.2) is 0 Å². The van der Waals surface area contributed by atoms with Crippen LogP contribution in [0.25, 0.3) is 0 Å². The van der Waals surface area contributed by atoms with Gasteiger partial charge in [-0.15, -0.1) is 0 Å². The largest absolute Gasteiger partial charge is 0.316 e. The monoisotopic (exact) mass is 214 g/mol. The Hall–Kier alpha value is -0.0800. The molecule has 0 bridgehead atoms. The molecule has 0 rings (SSSR count). The van der Waals surface area contributed by atoms with Crippen LogP contribution in [-0.4, -0.2) is 37.1 Å². The van der Waals surface area contributed by atoms with E-state index in [2.05, 4.69) is 44.8 Å². The fraction of sp³-hybridized carbons (Fsp3) is 1.00. The van der Waals surface area contributed by atoms with Gasteiger partial charge in [-0.2, -0.15) is 0 Å². The molecule has 0 aliphatic rings. The van der Waals surface area contributed by atoms with E-state index in [0.717, 1.165) is 25.0 Å². The highest BCUT2D eigenvalue weighted by Crippen LogP contribution is 2.03. The van der Waals surface area contributed by atoms with E-state index in [-0.39, 0.29) is 0 Å². The SMILES string of the molecule is CCC(C)N(CC)CCCNCC(C)C. The molecule has 2 heteroatoms. The summed E-state index contributed by atoms with van der Waals surface area (Å²) >= 11 is 0. The van der Waals surface area contributed by atoms with Crippen LogP contribution in [0.1, 0.15) is 47.5 Å². The number of nitrogens with zero attached hydrogens (tertiary/aromatic N) is 1. The molecule has 0 aromatic carbocycles. The lowest BCUT2D eigenvalue weighted by atomic mass is 10.2. The average molecular weight is 214 g/mol. The van der Waals surface area contributed by atoms with Crippen molar-refractivity contribution in [3.8, 4) is 0 Å². The van der Waals surface area contributed by atoms with E-state index in [4.69, 9.17) is 0 Å². The minimum absolute atomic E-state index is 0.736. The zero-order valence-electron chi connectivity index (χ0n) is 11.3. The third kappa shape index (κ3) is 7.80. The molecule has 0 aromatic rings. The van der Waals surface area contributed by atoms with Crippen molar-refractivity contribution in [2.24, 2.45) is 5.92 Å². The van der Waals surface area contributed by atoms with Gasteiger partial charge in [0.25, 0.3) is 0 Å². The molecule has 0 amide bonds. The van der Waals surface area contributed by atoms with Crippen LogP contribution in [0.4, 0.5) is 0 Å². The van der Waals surface area contributed by atoms with E-state index in [0.29, 0.717) is 0 Å². The molecule has 0 saturated carbocycles. The third-order valence-electron chi connectivity index (χ3n) is 2.97. The Morgan fingerprint density at radius 3 is 2.27 bits per heavy atom. The highest BCUT2D eigenvalue weighted by molar-refractivity contribution is 4.64. The lowest BCUT2D eigenvalue weighted by Crippen LogP contribution is -2.35. The number of hydrogen-bond acceptors (Lipinski definition) is 2. The minimum Gasteiger partial charge on any atom is -0.316 e. The highest BCUT2D eigenvalue weighted by Gasteiger charge is 2.08. The predicted octanol–water partition coefficient (Wildman–Crippen LogP) is 2.74. The van der Waals surface area contributed by atoms with Gasteiger partial charge in [-0.05, 0) is 51.9 Å². The Labute approximate surface area is 96.4 Å². The van der Waals surface area contributed by atoms with Crippen molar-refractivity contribution < 1.29 is 0 Å². The van der Waals surface area contributed by atoms with Gasteiger partial charge in [-0.3, -0.25) is 0 Å². The summed E-state index contributed by atoms with van der Waals surface area (Å²) in [5.41, 5.74) is 0. The topological polar surface area (TPSA) is 15.3 Å². The molecule has 0 aliphatic carbocycles. The van der Waals surface area contributed by atoms with Crippen LogP contribution in [0, 0.1) is 5.92 Å². The quantitative estimate of drug-likeness (QED) is 0.594. The Balaban J connectivity index is 3.46. The van der Waals surface area contributed by atoms with Gasteiger partial charge < -0.3 is 10.2 Å². The van der Waals surface area contributed by atoms with Crippen molar-refractivity contribution in [3.05, 3.63) is 0 Å². The van der Waals surface area contributed by atoms with Gasteiger partial charge >= 0.3 is 0 Å². The molecule has 0 heterocycles. The van der Waals surface area contributed by atoms with Crippen LogP contribution < -0.4 is 5.32 Å². The zero-order chi connectivity index (χ0) is 11.7. The molecule has 1 atom stereocenters. The first-order valence-corrected chi connectivity index (χ1v) is 6.56. The van der Waals surface area contributed by atoms with Crippen molar-refractivity contribution in [2.75, 3.05) is 26.2 Å². The zero-order valence-corrected chi connectivity index (χ0v) is 11.3. The highest BCUT2D eigenvalue weighted by atomic mass is 15.1. The summed E-state index contributed by atoms with van der Waals surface area (Å²) in [4.78, 5) is 2.57. The Bertz CT molecular complexity index is 134. The van der Waals surface area contributed by atoms with Crippen molar-refractivity contribution >= 4 is 0 Å². The Morgan fingerprint density at radius 2 is 1.80 bits per heavy atom. The smallest absolute Gasteiger partial charge is 0.00641 e. The van der Waals surface area contributed by atoms with Gasteiger partial charge in [0.1, 0.15) is 0 Å². The molecule has 0 fully saturated rings. The molecule has 0 aliphatic heterocycles. The normalized spacial score (nSPS) is 13.8. The molecule has 2 nitrogen and oxygen atoms in total. The lowest BCUT2D eigenvalue weighted by Gasteiger charge is -2.26.